The Morgan fingerprint density at radius 2 is 1.57 bits per heavy atom. The van der Waals surface area contributed by atoms with Gasteiger partial charge in [-0.05, 0) is 33.6 Å². The minimum Gasteiger partial charge on any atom is -0.298 e. The van der Waals surface area contributed by atoms with Gasteiger partial charge in [-0.15, -0.1) is 0 Å². The van der Waals surface area contributed by atoms with E-state index in [-0.39, 0.29) is 18.4 Å². The summed E-state index contributed by atoms with van der Waals surface area (Å²) in [6.45, 7) is 0.134. The molecular formula is C16H10BrNO3. The summed E-state index contributed by atoms with van der Waals surface area (Å²) < 4.78 is 0.608. The summed E-state index contributed by atoms with van der Waals surface area (Å²) in [4.78, 5) is 36.7. The van der Waals surface area contributed by atoms with Crippen molar-refractivity contribution >= 4 is 34.0 Å². The lowest BCUT2D eigenvalue weighted by Crippen LogP contribution is -2.29. The van der Waals surface area contributed by atoms with E-state index in [1.54, 1.807) is 42.5 Å². The van der Waals surface area contributed by atoms with Crippen LogP contribution in [0.3, 0.4) is 0 Å². The summed E-state index contributed by atoms with van der Waals surface area (Å²) in [5, 5.41) is 0. The van der Waals surface area contributed by atoms with Crippen LogP contribution in [0.25, 0.3) is 0 Å². The van der Waals surface area contributed by atoms with Crippen LogP contribution >= 0.6 is 15.9 Å². The van der Waals surface area contributed by atoms with Gasteiger partial charge < -0.3 is 0 Å². The molecular weight excluding hydrogens is 334 g/mol. The van der Waals surface area contributed by atoms with Crippen LogP contribution in [0.2, 0.25) is 0 Å². The Bertz CT molecular complexity index is 735. The summed E-state index contributed by atoms with van der Waals surface area (Å²) in [6.07, 6.45) is 0.732. The Hall–Kier alpha value is -2.27. The molecule has 5 heteroatoms. The van der Waals surface area contributed by atoms with E-state index in [1.807, 2.05) is 0 Å². The zero-order chi connectivity index (χ0) is 15.0. The Kier molecular flexibility index (Phi) is 3.43. The third-order valence-corrected chi connectivity index (χ3v) is 4.41. The molecule has 0 saturated carbocycles. The molecule has 0 fully saturated rings. The average molecular weight is 344 g/mol. The second kappa shape index (κ2) is 5.26. The molecule has 0 atom stereocenters. The normalized spacial score (nSPS) is 13.5. The van der Waals surface area contributed by atoms with E-state index < -0.39 is 0 Å². The van der Waals surface area contributed by atoms with Crippen molar-refractivity contribution in [1.82, 2.24) is 4.90 Å². The Morgan fingerprint density at radius 1 is 0.952 bits per heavy atom. The van der Waals surface area contributed by atoms with Gasteiger partial charge in [0, 0.05) is 10.0 Å². The third-order valence-electron chi connectivity index (χ3n) is 3.44. The van der Waals surface area contributed by atoms with Crippen molar-refractivity contribution in [2.45, 2.75) is 6.54 Å². The molecule has 104 valence electrons. The molecule has 1 heterocycles. The molecule has 2 amide bonds. The number of nitrogens with zero attached hydrogens (tertiary/aromatic N) is 1. The number of carbonyl (C=O) groups is 3. The van der Waals surface area contributed by atoms with E-state index in [0.29, 0.717) is 26.7 Å². The Balaban J connectivity index is 1.96. The summed E-state index contributed by atoms with van der Waals surface area (Å²) in [6, 6.07) is 11.9. The molecule has 2 aromatic rings. The highest BCUT2D eigenvalue weighted by molar-refractivity contribution is 9.10. The lowest BCUT2D eigenvalue weighted by molar-refractivity contribution is 0.0642. The number of imide groups is 1. The number of fused-ring (bicyclic) bond motifs is 1. The van der Waals surface area contributed by atoms with E-state index in [2.05, 4.69) is 15.9 Å². The van der Waals surface area contributed by atoms with E-state index in [0.717, 1.165) is 6.29 Å². The zero-order valence-corrected chi connectivity index (χ0v) is 12.5. The van der Waals surface area contributed by atoms with E-state index in [9.17, 15) is 14.4 Å². The number of hydrogen-bond donors (Lipinski definition) is 0. The van der Waals surface area contributed by atoms with Gasteiger partial charge in [-0.3, -0.25) is 19.3 Å². The SMILES string of the molecule is O=Cc1cccc(CN2C(=O)c3ccccc3C2=O)c1Br. The Morgan fingerprint density at radius 3 is 2.14 bits per heavy atom. The standard InChI is InChI=1S/C16H10BrNO3/c17-14-10(4-3-5-11(14)9-19)8-18-15(20)12-6-1-2-7-13(12)16(18)21/h1-7,9H,8H2. The predicted octanol–water partition coefficient (Wildman–Crippen LogP) is 3.06. The van der Waals surface area contributed by atoms with E-state index >= 15 is 0 Å². The van der Waals surface area contributed by atoms with Gasteiger partial charge in [0.1, 0.15) is 0 Å². The number of benzene rings is 2. The van der Waals surface area contributed by atoms with Gasteiger partial charge in [0.25, 0.3) is 11.8 Å². The van der Waals surface area contributed by atoms with Gasteiger partial charge in [0.2, 0.25) is 0 Å². The molecule has 0 unspecified atom stereocenters. The van der Waals surface area contributed by atoms with Crippen LogP contribution in [-0.2, 0) is 6.54 Å². The van der Waals surface area contributed by atoms with Crippen LogP contribution in [0.5, 0.6) is 0 Å². The lowest BCUT2D eigenvalue weighted by Gasteiger charge is -2.15. The highest BCUT2D eigenvalue weighted by Gasteiger charge is 2.35. The van der Waals surface area contributed by atoms with Gasteiger partial charge in [-0.2, -0.15) is 0 Å². The smallest absolute Gasteiger partial charge is 0.261 e. The molecule has 0 aromatic heterocycles. The third kappa shape index (κ3) is 2.19. The molecule has 1 aliphatic rings. The average Bonchev–Trinajstić information content (AvgIpc) is 2.75. The Labute approximate surface area is 129 Å². The fourth-order valence-corrected chi connectivity index (χ4v) is 2.85. The highest BCUT2D eigenvalue weighted by atomic mass is 79.9. The first-order chi connectivity index (χ1) is 10.1. The van der Waals surface area contributed by atoms with Crippen LogP contribution in [0.4, 0.5) is 0 Å². The first-order valence-electron chi connectivity index (χ1n) is 6.31. The van der Waals surface area contributed by atoms with Crippen LogP contribution in [0, 0.1) is 0 Å². The van der Waals surface area contributed by atoms with Crippen LogP contribution in [-0.4, -0.2) is 23.0 Å². The van der Waals surface area contributed by atoms with Gasteiger partial charge in [0.05, 0.1) is 17.7 Å². The van der Waals surface area contributed by atoms with Crippen LogP contribution in [0.15, 0.2) is 46.9 Å². The minimum absolute atomic E-state index is 0.134. The molecule has 3 rings (SSSR count). The van der Waals surface area contributed by atoms with Crippen molar-refractivity contribution < 1.29 is 14.4 Å². The molecule has 21 heavy (non-hydrogen) atoms. The quantitative estimate of drug-likeness (QED) is 0.635. The number of amides is 2. The summed E-state index contributed by atoms with van der Waals surface area (Å²) in [7, 11) is 0. The van der Waals surface area contributed by atoms with Gasteiger partial charge in [-0.25, -0.2) is 0 Å². The fourth-order valence-electron chi connectivity index (χ4n) is 2.37. The molecule has 0 bridgehead atoms. The van der Waals surface area contributed by atoms with E-state index in [4.69, 9.17) is 0 Å². The molecule has 0 saturated heterocycles. The monoisotopic (exact) mass is 343 g/mol. The van der Waals surface area contributed by atoms with Gasteiger partial charge in [0.15, 0.2) is 6.29 Å². The zero-order valence-electron chi connectivity index (χ0n) is 10.9. The summed E-state index contributed by atoms with van der Waals surface area (Å²) >= 11 is 3.34. The van der Waals surface area contributed by atoms with Crippen molar-refractivity contribution in [1.29, 1.82) is 0 Å². The molecule has 4 nitrogen and oxygen atoms in total. The fraction of sp³-hybridized carbons (Fsp3) is 0.0625. The van der Waals surface area contributed by atoms with Crippen molar-refractivity contribution in [3.63, 3.8) is 0 Å². The van der Waals surface area contributed by atoms with Crippen molar-refractivity contribution in [3.8, 4) is 0 Å². The van der Waals surface area contributed by atoms with E-state index in [1.165, 1.54) is 4.90 Å². The molecule has 2 aromatic carbocycles. The second-order valence-electron chi connectivity index (χ2n) is 4.68. The van der Waals surface area contributed by atoms with Crippen LogP contribution < -0.4 is 0 Å². The largest absolute Gasteiger partial charge is 0.298 e. The van der Waals surface area contributed by atoms with Crippen molar-refractivity contribution in [3.05, 3.63) is 69.2 Å². The second-order valence-corrected chi connectivity index (χ2v) is 5.47. The predicted molar refractivity (Wildman–Crippen MR) is 80.2 cm³/mol. The van der Waals surface area contributed by atoms with Crippen LogP contribution in [0.1, 0.15) is 36.6 Å². The number of aldehydes is 1. The number of rotatable bonds is 3. The number of hydrogen-bond acceptors (Lipinski definition) is 3. The molecule has 1 aliphatic heterocycles. The maximum Gasteiger partial charge on any atom is 0.261 e. The molecule has 0 aliphatic carbocycles. The first-order valence-corrected chi connectivity index (χ1v) is 7.10. The number of carbonyl (C=O) groups excluding carboxylic acids is 3. The topological polar surface area (TPSA) is 54.5 Å². The molecule has 0 spiro atoms. The molecule has 0 N–H and O–H groups in total. The summed E-state index contributed by atoms with van der Waals surface area (Å²) in [5.41, 5.74) is 2.05. The molecule has 0 radical (unpaired) electrons. The maximum atomic E-state index is 12.3. The minimum atomic E-state index is -0.306. The highest BCUT2D eigenvalue weighted by Crippen LogP contribution is 2.27. The first kappa shape index (κ1) is 13.7. The van der Waals surface area contributed by atoms with Gasteiger partial charge >= 0.3 is 0 Å². The van der Waals surface area contributed by atoms with Crippen molar-refractivity contribution in [2.24, 2.45) is 0 Å². The number of halogens is 1. The van der Waals surface area contributed by atoms with Gasteiger partial charge in [-0.1, -0.05) is 30.3 Å². The lowest BCUT2D eigenvalue weighted by atomic mass is 10.1. The maximum absolute atomic E-state index is 12.3. The summed E-state index contributed by atoms with van der Waals surface area (Å²) in [5.74, 6) is -0.613. The van der Waals surface area contributed by atoms with Crippen molar-refractivity contribution in [2.75, 3.05) is 0 Å².